The highest BCUT2D eigenvalue weighted by Crippen LogP contribution is 2.29. The fraction of sp³-hybridized carbons (Fsp3) is 0.238. The van der Waals surface area contributed by atoms with E-state index in [0.29, 0.717) is 23.5 Å². The molecule has 27 heavy (non-hydrogen) atoms. The lowest BCUT2D eigenvalue weighted by molar-refractivity contribution is -0.116. The maximum Gasteiger partial charge on any atom is 0.255 e. The van der Waals surface area contributed by atoms with E-state index >= 15 is 0 Å². The van der Waals surface area contributed by atoms with Gasteiger partial charge in [0.05, 0.1) is 12.8 Å². The molecule has 0 bridgehead atoms. The van der Waals surface area contributed by atoms with Gasteiger partial charge in [0, 0.05) is 17.7 Å². The minimum Gasteiger partial charge on any atom is -0.495 e. The van der Waals surface area contributed by atoms with Crippen LogP contribution in [0.3, 0.4) is 0 Å². The van der Waals surface area contributed by atoms with Crippen molar-refractivity contribution in [1.82, 2.24) is 0 Å². The fourth-order valence-corrected chi connectivity index (χ4v) is 3.02. The molecule has 0 aromatic heterocycles. The molecule has 0 fully saturated rings. The number of nitrogens with one attached hydrogen (secondary N) is 2. The Balaban J connectivity index is 1.72. The Kier molecular flexibility index (Phi) is 5.86. The van der Waals surface area contributed by atoms with Crippen molar-refractivity contribution in [3.8, 4) is 5.75 Å². The van der Waals surface area contributed by atoms with Crippen molar-refractivity contribution in [2.45, 2.75) is 19.3 Å². The van der Waals surface area contributed by atoms with Crippen molar-refractivity contribution >= 4 is 23.2 Å². The van der Waals surface area contributed by atoms with Gasteiger partial charge in [-0.3, -0.25) is 9.59 Å². The predicted octanol–water partition coefficient (Wildman–Crippen LogP) is 4.38. The average molecular weight is 368 g/mol. The summed E-state index contributed by atoms with van der Waals surface area (Å²) >= 11 is 0. The van der Waals surface area contributed by atoms with E-state index in [0.717, 1.165) is 18.9 Å². The van der Waals surface area contributed by atoms with Crippen LogP contribution in [0.15, 0.2) is 54.6 Å². The lowest BCUT2D eigenvalue weighted by Gasteiger charge is -2.14. The standard InChI is InChI=1S/C21H21FN2O3/c1-27-19-10-9-17(23-20(25)11-14-5-2-3-6-14)13-18(19)24-21(26)15-7-4-8-16(22)12-15/h2,4-5,7-10,12-14H,3,6,11H2,1H3,(H,23,25)(H,24,26). The molecule has 0 aliphatic heterocycles. The van der Waals surface area contributed by atoms with Gasteiger partial charge >= 0.3 is 0 Å². The normalized spacial score (nSPS) is 15.4. The van der Waals surface area contributed by atoms with E-state index in [1.807, 2.05) is 0 Å². The zero-order valence-electron chi connectivity index (χ0n) is 15.0. The lowest BCUT2D eigenvalue weighted by Crippen LogP contribution is -2.16. The number of carbonyl (C=O) groups is 2. The van der Waals surface area contributed by atoms with Crippen molar-refractivity contribution in [3.63, 3.8) is 0 Å². The van der Waals surface area contributed by atoms with Crippen LogP contribution in [0.5, 0.6) is 5.75 Å². The summed E-state index contributed by atoms with van der Waals surface area (Å²) in [5.74, 6) is -0.324. The van der Waals surface area contributed by atoms with Crippen LogP contribution >= 0.6 is 0 Å². The number of methoxy groups -OCH3 is 1. The molecule has 5 nitrogen and oxygen atoms in total. The first-order chi connectivity index (χ1) is 13.0. The number of allylic oxidation sites excluding steroid dienone is 2. The van der Waals surface area contributed by atoms with Crippen molar-refractivity contribution in [3.05, 3.63) is 66.0 Å². The van der Waals surface area contributed by atoms with E-state index in [1.54, 1.807) is 18.2 Å². The molecule has 140 valence electrons. The van der Waals surface area contributed by atoms with Gasteiger partial charge in [-0.1, -0.05) is 18.2 Å². The predicted molar refractivity (Wildman–Crippen MR) is 102 cm³/mol. The Morgan fingerprint density at radius 1 is 1.19 bits per heavy atom. The summed E-state index contributed by atoms with van der Waals surface area (Å²) in [6.45, 7) is 0. The molecule has 1 aliphatic rings. The summed E-state index contributed by atoms with van der Waals surface area (Å²) in [7, 11) is 1.48. The third-order valence-corrected chi connectivity index (χ3v) is 4.38. The zero-order chi connectivity index (χ0) is 19.2. The van der Waals surface area contributed by atoms with Crippen LogP contribution < -0.4 is 15.4 Å². The van der Waals surface area contributed by atoms with Gasteiger partial charge < -0.3 is 15.4 Å². The quantitative estimate of drug-likeness (QED) is 0.744. The van der Waals surface area contributed by atoms with Crippen molar-refractivity contribution in [2.24, 2.45) is 5.92 Å². The highest BCUT2D eigenvalue weighted by atomic mass is 19.1. The molecule has 0 heterocycles. The molecule has 1 aliphatic carbocycles. The molecule has 2 aromatic carbocycles. The Bertz CT molecular complexity index is 879. The van der Waals surface area contributed by atoms with E-state index in [2.05, 4.69) is 22.8 Å². The SMILES string of the molecule is COc1ccc(NC(=O)CC2C=CCC2)cc1NC(=O)c1cccc(F)c1. The van der Waals surface area contributed by atoms with Gasteiger partial charge in [0.1, 0.15) is 11.6 Å². The molecule has 2 N–H and O–H groups in total. The van der Waals surface area contributed by atoms with Gasteiger partial charge in [-0.2, -0.15) is 0 Å². The van der Waals surface area contributed by atoms with E-state index in [4.69, 9.17) is 4.74 Å². The topological polar surface area (TPSA) is 67.4 Å². The molecule has 0 saturated carbocycles. The number of hydrogen-bond donors (Lipinski definition) is 2. The Hall–Kier alpha value is -3.15. The van der Waals surface area contributed by atoms with Gasteiger partial charge in [0.15, 0.2) is 0 Å². The van der Waals surface area contributed by atoms with Gasteiger partial charge in [-0.15, -0.1) is 0 Å². The summed E-state index contributed by atoms with van der Waals surface area (Å²) < 4.78 is 18.6. The highest BCUT2D eigenvalue weighted by Gasteiger charge is 2.15. The molecule has 0 spiro atoms. The Morgan fingerprint density at radius 3 is 2.74 bits per heavy atom. The van der Waals surface area contributed by atoms with Gasteiger partial charge in [-0.05, 0) is 55.2 Å². The summed E-state index contributed by atoms with van der Waals surface area (Å²) in [5.41, 5.74) is 1.14. The summed E-state index contributed by atoms with van der Waals surface area (Å²) in [4.78, 5) is 24.6. The maximum absolute atomic E-state index is 13.3. The van der Waals surface area contributed by atoms with Gasteiger partial charge in [0.2, 0.25) is 5.91 Å². The van der Waals surface area contributed by atoms with Crippen LogP contribution in [0.25, 0.3) is 0 Å². The number of hydrogen-bond acceptors (Lipinski definition) is 3. The molecule has 2 aromatic rings. The largest absolute Gasteiger partial charge is 0.495 e. The maximum atomic E-state index is 13.3. The first-order valence-corrected chi connectivity index (χ1v) is 8.76. The summed E-state index contributed by atoms with van der Waals surface area (Å²) in [6.07, 6.45) is 6.58. The number of carbonyl (C=O) groups excluding carboxylic acids is 2. The highest BCUT2D eigenvalue weighted by molar-refractivity contribution is 6.05. The summed E-state index contributed by atoms with van der Waals surface area (Å²) in [5, 5.41) is 5.54. The van der Waals surface area contributed by atoms with E-state index in [1.165, 1.54) is 25.3 Å². The first kappa shape index (κ1) is 18.6. The van der Waals surface area contributed by atoms with Crippen molar-refractivity contribution in [2.75, 3.05) is 17.7 Å². The second-order valence-electron chi connectivity index (χ2n) is 6.40. The molecule has 3 rings (SSSR count). The number of benzene rings is 2. The number of anilines is 2. The van der Waals surface area contributed by atoms with Crippen LogP contribution in [-0.2, 0) is 4.79 Å². The van der Waals surface area contributed by atoms with Crippen LogP contribution in [-0.4, -0.2) is 18.9 Å². The van der Waals surface area contributed by atoms with Gasteiger partial charge in [-0.25, -0.2) is 4.39 Å². The molecule has 6 heteroatoms. The van der Waals surface area contributed by atoms with Crippen LogP contribution in [0.2, 0.25) is 0 Å². The third kappa shape index (κ3) is 4.94. The van der Waals surface area contributed by atoms with Crippen LogP contribution in [0.1, 0.15) is 29.6 Å². The smallest absolute Gasteiger partial charge is 0.255 e. The van der Waals surface area contributed by atoms with Crippen LogP contribution in [0.4, 0.5) is 15.8 Å². The van der Waals surface area contributed by atoms with Gasteiger partial charge in [0.25, 0.3) is 5.91 Å². The van der Waals surface area contributed by atoms with E-state index in [-0.39, 0.29) is 17.4 Å². The molecule has 1 unspecified atom stereocenters. The second-order valence-corrected chi connectivity index (χ2v) is 6.40. The number of rotatable bonds is 6. The minimum absolute atomic E-state index is 0.0841. The molecule has 2 amide bonds. The molecule has 1 atom stereocenters. The molecular formula is C21H21FN2O3. The molecular weight excluding hydrogens is 347 g/mol. The Morgan fingerprint density at radius 2 is 2.04 bits per heavy atom. The Labute approximate surface area is 157 Å². The number of halogens is 1. The van der Waals surface area contributed by atoms with Crippen molar-refractivity contribution in [1.29, 1.82) is 0 Å². The fourth-order valence-electron chi connectivity index (χ4n) is 3.02. The second kappa shape index (κ2) is 8.49. The summed E-state index contributed by atoms with van der Waals surface area (Å²) in [6, 6.07) is 10.4. The van der Waals surface area contributed by atoms with E-state index in [9.17, 15) is 14.0 Å². The van der Waals surface area contributed by atoms with Crippen molar-refractivity contribution < 1.29 is 18.7 Å². The first-order valence-electron chi connectivity index (χ1n) is 8.76. The van der Waals surface area contributed by atoms with Crippen LogP contribution in [0, 0.1) is 11.7 Å². The average Bonchev–Trinajstić information content (AvgIpc) is 3.14. The minimum atomic E-state index is -0.489. The van der Waals surface area contributed by atoms with E-state index < -0.39 is 11.7 Å². The monoisotopic (exact) mass is 368 g/mol. The third-order valence-electron chi connectivity index (χ3n) is 4.38. The number of ether oxygens (including phenoxy) is 1. The molecule has 0 saturated heterocycles. The zero-order valence-corrected chi connectivity index (χ0v) is 15.0. The number of amides is 2. The molecule has 0 radical (unpaired) electrons. The lowest BCUT2D eigenvalue weighted by atomic mass is 10.1.